The third kappa shape index (κ3) is 2.50. The number of hydrogen-bond acceptors (Lipinski definition) is 4. The Labute approximate surface area is 134 Å². The average Bonchev–Trinajstić information content (AvgIpc) is 2.85. The highest BCUT2D eigenvalue weighted by atomic mass is 16.5. The molecule has 1 aliphatic heterocycles. The number of anilines is 1. The van der Waals surface area contributed by atoms with Gasteiger partial charge in [-0.2, -0.15) is 0 Å². The van der Waals surface area contributed by atoms with Crippen LogP contribution in [0.4, 0.5) is 5.69 Å². The molecule has 1 aliphatic rings. The minimum absolute atomic E-state index is 0.168. The highest BCUT2D eigenvalue weighted by Gasteiger charge is 2.27. The van der Waals surface area contributed by atoms with Crippen LogP contribution in [0.5, 0.6) is 17.2 Å². The zero-order valence-electron chi connectivity index (χ0n) is 13.1. The van der Waals surface area contributed by atoms with Gasteiger partial charge in [-0.15, -0.1) is 0 Å². The Morgan fingerprint density at radius 1 is 1.13 bits per heavy atom. The van der Waals surface area contributed by atoms with Crippen molar-refractivity contribution in [3.8, 4) is 17.2 Å². The van der Waals surface area contributed by atoms with Gasteiger partial charge in [0.05, 0.1) is 19.9 Å². The van der Waals surface area contributed by atoms with Crippen LogP contribution in [0.2, 0.25) is 0 Å². The molecule has 0 aromatic heterocycles. The van der Waals surface area contributed by atoms with Gasteiger partial charge in [-0.25, -0.2) is 0 Å². The Morgan fingerprint density at radius 3 is 2.52 bits per heavy atom. The average molecular weight is 311 g/mol. The Balaban J connectivity index is 2.15. The van der Waals surface area contributed by atoms with Gasteiger partial charge in [0.1, 0.15) is 5.75 Å². The van der Waals surface area contributed by atoms with Gasteiger partial charge in [-0.3, -0.25) is 4.79 Å². The Bertz CT molecular complexity index is 824. The molecular formula is C18H17NO4. The molecule has 118 valence electrons. The first-order chi connectivity index (χ1) is 11.0. The van der Waals surface area contributed by atoms with Crippen molar-refractivity contribution in [1.82, 2.24) is 0 Å². The third-order valence-electron chi connectivity index (χ3n) is 3.88. The van der Waals surface area contributed by atoms with Crippen LogP contribution in [0, 0.1) is 6.92 Å². The van der Waals surface area contributed by atoms with E-state index in [0.717, 1.165) is 5.56 Å². The molecular weight excluding hydrogens is 294 g/mol. The molecule has 0 fully saturated rings. The Hall–Kier alpha value is -2.95. The van der Waals surface area contributed by atoms with Crippen molar-refractivity contribution < 1.29 is 19.4 Å². The number of benzene rings is 2. The van der Waals surface area contributed by atoms with Gasteiger partial charge >= 0.3 is 0 Å². The Morgan fingerprint density at radius 2 is 1.83 bits per heavy atom. The second-order valence-corrected chi connectivity index (χ2v) is 5.28. The molecule has 0 bridgehead atoms. The van der Waals surface area contributed by atoms with E-state index in [0.29, 0.717) is 33.9 Å². The Kier molecular flexibility index (Phi) is 3.70. The lowest BCUT2D eigenvalue weighted by molar-refractivity contribution is -0.110. The summed E-state index contributed by atoms with van der Waals surface area (Å²) in [4.78, 5) is 12.3. The minimum Gasteiger partial charge on any atom is -0.507 e. The fourth-order valence-electron chi connectivity index (χ4n) is 2.61. The topological polar surface area (TPSA) is 67.8 Å². The zero-order chi connectivity index (χ0) is 16.6. The number of amides is 1. The SMILES string of the molecule is COc1cc2c(cc1OC)/C(=C\c1cccc(C)c1O)C(=O)N2. The molecule has 3 rings (SSSR count). The van der Waals surface area contributed by atoms with Crippen molar-refractivity contribution >= 4 is 23.2 Å². The number of hydrogen-bond donors (Lipinski definition) is 2. The predicted octanol–water partition coefficient (Wildman–Crippen LogP) is 3.21. The maximum absolute atomic E-state index is 12.3. The van der Waals surface area contributed by atoms with E-state index in [-0.39, 0.29) is 11.7 Å². The lowest BCUT2D eigenvalue weighted by Crippen LogP contribution is -2.03. The van der Waals surface area contributed by atoms with E-state index in [9.17, 15) is 9.90 Å². The van der Waals surface area contributed by atoms with Gasteiger partial charge in [-0.05, 0) is 24.6 Å². The van der Waals surface area contributed by atoms with E-state index < -0.39 is 0 Å². The van der Waals surface area contributed by atoms with Crippen molar-refractivity contribution in [2.75, 3.05) is 19.5 Å². The first-order valence-electron chi connectivity index (χ1n) is 7.13. The number of rotatable bonds is 3. The standard InChI is InChI=1S/C18H17NO4/c1-10-5-4-6-11(17(10)20)7-13-12-8-15(22-2)16(23-3)9-14(12)19-18(13)21/h4-9,20H,1-3H3,(H,19,21)/b13-7+. The number of methoxy groups -OCH3 is 2. The first kappa shape index (κ1) is 15.0. The van der Waals surface area contributed by atoms with Crippen LogP contribution in [-0.4, -0.2) is 25.2 Å². The van der Waals surface area contributed by atoms with Crippen LogP contribution in [0.1, 0.15) is 16.7 Å². The second kappa shape index (κ2) is 5.68. The van der Waals surface area contributed by atoms with Gasteiger partial charge in [0.25, 0.3) is 5.91 Å². The van der Waals surface area contributed by atoms with Gasteiger partial charge < -0.3 is 19.9 Å². The van der Waals surface area contributed by atoms with Crippen molar-refractivity contribution in [2.24, 2.45) is 0 Å². The van der Waals surface area contributed by atoms with E-state index in [1.165, 1.54) is 0 Å². The molecule has 0 unspecified atom stereocenters. The number of fused-ring (bicyclic) bond motifs is 1. The predicted molar refractivity (Wildman–Crippen MR) is 88.9 cm³/mol. The number of aromatic hydroxyl groups is 1. The normalized spacial score (nSPS) is 14.6. The molecule has 23 heavy (non-hydrogen) atoms. The number of aryl methyl sites for hydroxylation is 1. The van der Waals surface area contributed by atoms with Crippen LogP contribution in [0.3, 0.4) is 0 Å². The van der Waals surface area contributed by atoms with E-state index in [1.807, 2.05) is 19.1 Å². The number of ether oxygens (including phenoxy) is 2. The molecule has 1 amide bonds. The summed E-state index contributed by atoms with van der Waals surface area (Å²) in [6, 6.07) is 8.90. The molecule has 1 heterocycles. The highest BCUT2D eigenvalue weighted by molar-refractivity contribution is 6.35. The summed E-state index contributed by atoms with van der Waals surface area (Å²) >= 11 is 0. The molecule has 2 aromatic rings. The van der Waals surface area contributed by atoms with E-state index in [1.54, 1.807) is 38.5 Å². The van der Waals surface area contributed by atoms with Gasteiger partial charge in [0.15, 0.2) is 11.5 Å². The summed E-state index contributed by atoms with van der Waals surface area (Å²) < 4.78 is 10.5. The number of carbonyl (C=O) groups excluding carboxylic acids is 1. The number of phenolic OH excluding ortho intramolecular Hbond substituents is 1. The van der Waals surface area contributed by atoms with Crippen LogP contribution in [0.25, 0.3) is 11.6 Å². The molecule has 5 heteroatoms. The smallest absolute Gasteiger partial charge is 0.256 e. The summed E-state index contributed by atoms with van der Waals surface area (Å²) in [7, 11) is 3.09. The van der Waals surface area contributed by atoms with Crippen LogP contribution < -0.4 is 14.8 Å². The van der Waals surface area contributed by atoms with Gasteiger partial charge in [0, 0.05) is 22.8 Å². The molecule has 0 aliphatic carbocycles. The lowest BCUT2D eigenvalue weighted by Gasteiger charge is -2.09. The lowest BCUT2D eigenvalue weighted by atomic mass is 10.0. The van der Waals surface area contributed by atoms with Crippen LogP contribution >= 0.6 is 0 Å². The summed E-state index contributed by atoms with van der Waals surface area (Å²) in [5.74, 6) is 1.03. The van der Waals surface area contributed by atoms with Crippen LogP contribution in [-0.2, 0) is 4.79 Å². The molecule has 0 saturated carbocycles. The molecule has 0 radical (unpaired) electrons. The molecule has 5 nitrogen and oxygen atoms in total. The highest BCUT2D eigenvalue weighted by Crippen LogP contribution is 2.41. The van der Waals surface area contributed by atoms with Gasteiger partial charge in [-0.1, -0.05) is 18.2 Å². The van der Waals surface area contributed by atoms with Crippen LogP contribution in [0.15, 0.2) is 30.3 Å². The van der Waals surface area contributed by atoms with Crippen molar-refractivity contribution in [1.29, 1.82) is 0 Å². The molecule has 0 spiro atoms. The third-order valence-corrected chi connectivity index (χ3v) is 3.88. The number of phenols is 1. The maximum Gasteiger partial charge on any atom is 0.256 e. The van der Waals surface area contributed by atoms with Crippen molar-refractivity contribution in [3.05, 3.63) is 47.0 Å². The molecule has 0 saturated heterocycles. The zero-order valence-corrected chi connectivity index (χ0v) is 13.1. The summed E-state index contributed by atoms with van der Waals surface area (Å²) in [5, 5.41) is 13.0. The molecule has 2 N–H and O–H groups in total. The van der Waals surface area contributed by atoms with Crippen molar-refractivity contribution in [3.63, 3.8) is 0 Å². The molecule has 2 aromatic carbocycles. The fraction of sp³-hybridized carbons (Fsp3) is 0.167. The largest absolute Gasteiger partial charge is 0.507 e. The monoisotopic (exact) mass is 311 g/mol. The van der Waals surface area contributed by atoms with E-state index in [4.69, 9.17) is 9.47 Å². The number of carbonyl (C=O) groups is 1. The maximum atomic E-state index is 12.3. The van der Waals surface area contributed by atoms with E-state index in [2.05, 4.69) is 5.32 Å². The first-order valence-corrected chi connectivity index (χ1v) is 7.13. The number of nitrogens with one attached hydrogen (secondary N) is 1. The van der Waals surface area contributed by atoms with Crippen molar-refractivity contribution in [2.45, 2.75) is 6.92 Å². The number of para-hydroxylation sites is 1. The second-order valence-electron chi connectivity index (χ2n) is 5.28. The minimum atomic E-state index is -0.226. The fourth-order valence-corrected chi connectivity index (χ4v) is 2.61. The summed E-state index contributed by atoms with van der Waals surface area (Å²) in [6.07, 6.45) is 1.68. The quantitative estimate of drug-likeness (QED) is 0.854. The molecule has 0 atom stereocenters. The van der Waals surface area contributed by atoms with Gasteiger partial charge in [0.2, 0.25) is 0 Å². The summed E-state index contributed by atoms with van der Waals surface area (Å²) in [5.41, 5.74) is 3.20. The van der Waals surface area contributed by atoms with E-state index >= 15 is 0 Å². The summed E-state index contributed by atoms with van der Waals surface area (Å²) in [6.45, 7) is 1.81.